The molecule has 0 bridgehead atoms. The summed E-state index contributed by atoms with van der Waals surface area (Å²) in [6.07, 6.45) is -1.37. The molecule has 1 unspecified atom stereocenters. The van der Waals surface area contributed by atoms with Crippen LogP contribution in [0.15, 0.2) is 28.7 Å². The lowest BCUT2D eigenvalue weighted by Crippen LogP contribution is -2.38. The van der Waals surface area contributed by atoms with Gasteiger partial charge in [-0.15, -0.1) is 0 Å². The Kier molecular flexibility index (Phi) is 3.33. The Hall–Kier alpha value is -1.56. The third-order valence-corrected chi connectivity index (χ3v) is 3.04. The summed E-state index contributed by atoms with van der Waals surface area (Å²) in [4.78, 5) is 21.9. The highest BCUT2D eigenvalue weighted by molar-refractivity contribution is 9.10. The highest BCUT2D eigenvalue weighted by Gasteiger charge is 2.39. The number of carbonyl (C=O) groups is 2. The van der Waals surface area contributed by atoms with Gasteiger partial charge in [-0.05, 0) is 24.1 Å². The van der Waals surface area contributed by atoms with Crippen LogP contribution in [0.25, 0.3) is 0 Å². The summed E-state index contributed by atoms with van der Waals surface area (Å²) < 4.78 is 5.62. The van der Waals surface area contributed by atoms with Crippen molar-refractivity contribution in [2.75, 3.05) is 0 Å². The minimum atomic E-state index is -1.13. The molecule has 6 heteroatoms. The molecule has 17 heavy (non-hydrogen) atoms. The van der Waals surface area contributed by atoms with Gasteiger partial charge in [-0.2, -0.15) is 0 Å². The standard InChI is InChI=1S/C11H10BrNO4/c12-7-3-1-6(2-4-7)5-8-9(10(14)15)17-11(16)13-8/h1-4,8-9H,5H2,(H,13,16)(H,14,15)/t8-,9?/m1/s1. The first-order valence-electron chi connectivity index (χ1n) is 5.00. The molecule has 1 aliphatic heterocycles. The molecule has 1 aliphatic rings. The van der Waals surface area contributed by atoms with Crippen LogP contribution in [0.4, 0.5) is 4.79 Å². The second kappa shape index (κ2) is 4.75. The van der Waals surface area contributed by atoms with E-state index in [1.54, 1.807) is 0 Å². The predicted octanol–water partition coefficient (Wildman–Crippen LogP) is 1.55. The maximum Gasteiger partial charge on any atom is 0.408 e. The molecular weight excluding hydrogens is 290 g/mol. The van der Waals surface area contributed by atoms with E-state index < -0.39 is 24.2 Å². The van der Waals surface area contributed by atoms with Crippen molar-refractivity contribution in [3.8, 4) is 0 Å². The maximum atomic E-state index is 11.0. The third-order valence-electron chi connectivity index (χ3n) is 2.51. The molecule has 0 spiro atoms. The van der Waals surface area contributed by atoms with Gasteiger partial charge in [-0.25, -0.2) is 9.59 Å². The molecule has 0 radical (unpaired) electrons. The van der Waals surface area contributed by atoms with Gasteiger partial charge in [0.15, 0.2) is 0 Å². The third kappa shape index (κ3) is 2.76. The van der Waals surface area contributed by atoms with E-state index >= 15 is 0 Å². The quantitative estimate of drug-likeness (QED) is 0.888. The summed E-state index contributed by atoms with van der Waals surface area (Å²) in [5, 5.41) is 11.4. The number of hydrogen-bond donors (Lipinski definition) is 2. The smallest absolute Gasteiger partial charge is 0.408 e. The first kappa shape index (κ1) is 11.9. The van der Waals surface area contributed by atoms with Crippen molar-refractivity contribution in [2.45, 2.75) is 18.6 Å². The van der Waals surface area contributed by atoms with Gasteiger partial charge in [0.2, 0.25) is 6.10 Å². The Morgan fingerprint density at radius 1 is 1.41 bits per heavy atom. The lowest BCUT2D eigenvalue weighted by Gasteiger charge is -2.12. The molecule has 2 N–H and O–H groups in total. The van der Waals surface area contributed by atoms with Gasteiger partial charge < -0.3 is 15.2 Å². The van der Waals surface area contributed by atoms with Gasteiger partial charge in [-0.3, -0.25) is 0 Å². The number of hydrogen-bond acceptors (Lipinski definition) is 3. The molecular formula is C11H10BrNO4. The Labute approximate surface area is 106 Å². The van der Waals surface area contributed by atoms with Crippen LogP contribution in [0, 0.1) is 0 Å². The van der Waals surface area contributed by atoms with Crippen LogP contribution in [-0.2, 0) is 16.0 Å². The first-order valence-corrected chi connectivity index (χ1v) is 5.80. The van der Waals surface area contributed by atoms with Crippen LogP contribution < -0.4 is 5.32 Å². The molecule has 1 amide bonds. The van der Waals surface area contributed by atoms with Gasteiger partial charge in [-0.1, -0.05) is 28.1 Å². The summed E-state index contributed by atoms with van der Waals surface area (Å²) in [5.74, 6) is -1.13. The Morgan fingerprint density at radius 3 is 2.65 bits per heavy atom. The molecule has 2 rings (SSSR count). The number of carboxylic acids is 1. The lowest BCUT2D eigenvalue weighted by atomic mass is 10.0. The van der Waals surface area contributed by atoms with Crippen LogP contribution in [-0.4, -0.2) is 29.3 Å². The number of aliphatic carboxylic acids is 1. The van der Waals surface area contributed by atoms with Crippen molar-refractivity contribution in [1.82, 2.24) is 5.32 Å². The van der Waals surface area contributed by atoms with Crippen molar-refractivity contribution in [2.24, 2.45) is 0 Å². The monoisotopic (exact) mass is 299 g/mol. The fraction of sp³-hybridized carbons (Fsp3) is 0.273. The summed E-state index contributed by atoms with van der Waals surface area (Å²) in [7, 11) is 0. The zero-order valence-corrected chi connectivity index (χ0v) is 10.3. The topological polar surface area (TPSA) is 75.6 Å². The van der Waals surface area contributed by atoms with Crippen molar-refractivity contribution in [1.29, 1.82) is 0 Å². The number of carboxylic acid groups (broad SMARTS) is 1. The van der Waals surface area contributed by atoms with E-state index in [1.165, 1.54) is 0 Å². The van der Waals surface area contributed by atoms with E-state index in [0.717, 1.165) is 10.0 Å². The lowest BCUT2D eigenvalue weighted by molar-refractivity contribution is -0.145. The van der Waals surface area contributed by atoms with E-state index in [1.807, 2.05) is 24.3 Å². The van der Waals surface area contributed by atoms with Crippen LogP contribution in [0.3, 0.4) is 0 Å². The molecule has 0 aliphatic carbocycles. The highest BCUT2D eigenvalue weighted by atomic mass is 79.9. The van der Waals surface area contributed by atoms with Gasteiger partial charge in [0.1, 0.15) is 0 Å². The van der Waals surface area contributed by atoms with E-state index in [0.29, 0.717) is 6.42 Å². The van der Waals surface area contributed by atoms with Crippen molar-refractivity contribution in [3.63, 3.8) is 0 Å². The maximum absolute atomic E-state index is 11.0. The summed E-state index contributed by atoms with van der Waals surface area (Å²) in [6, 6.07) is 6.94. The van der Waals surface area contributed by atoms with E-state index in [2.05, 4.69) is 26.0 Å². The molecule has 1 aromatic rings. The molecule has 1 heterocycles. The fourth-order valence-electron chi connectivity index (χ4n) is 1.71. The number of alkyl carbamates (subject to hydrolysis) is 1. The molecule has 1 fully saturated rings. The number of rotatable bonds is 3. The Morgan fingerprint density at radius 2 is 2.06 bits per heavy atom. The predicted molar refractivity (Wildman–Crippen MR) is 62.7 cm³/mol. The zero-order valence-electron chi connectivity index (χ0n) is 8.72. The van der Waals surface area contributed by atoms with Crippen LogP contribution in [0.2, 0.25) is 0 Å². The minimum absolute atomic E-state index is 0.427. The fourth-order valence-corrected chi connectivity index (χ4v) is 1.98. The number of nitrogens with one attached hydrogen (secondary N) is 1. The molecule has 2 atom stereocenters. The second-order valence-electron chi connectivity index (χ2n) is 3.75. The zero-order chi connectivity index (χ0) is 12.4. The molecule has 0 saturated carbocycles. The minimum Gasteiger partial charge on any atom is -0.478 e. The van der Waals surface area contributed by atoms with Crippen LogP contribution in [0.5, 0.6) is 0 Å². The number of benzene rings is 1. The molecule has 1 saturated heterocycles. The number of carbonyl (C=O) groups excluding carboxylic acids is 1. The highest BCUT2D eigenvalue weighted by Crippen LogP contribution is 2.16. The summed E-state index contributed by atoms with van der Waals surface area (Å²) >= 11 is 3.31. The largest absolute Gasteiger partial charge is 0.478 e. The summed E-state index contributed by atoms with van der Waals surface area (Å²) in [6.45, 7) is 0. The van der Waals surface area contributed by atoms with Crippen LogP contribution >= 0.6 is 15.9 Å². The van der Waals surface area contributed by atoms with E-state index in [4.69, 9.17) is 5.11 Å². The second-order valence-corrected chi connectivity index (χ2v) is 4.66. The van der Waals surface area contributed by atoms with Crippen molar-refractivity contribution >= 4 is 28.0 Å². The number of ether oxygens (including phenoxy) is 1. The average molecular weight is 300 g/mol. The van der Waals surface area contributed by atoms with E-state index in [-0.39, 0.29) is 0 Å². The molecule has 5 nitrogen and oxygen atoms in total. The number of amides is 1. The van der Waals surface area contributed by atoms with Crippen LogP contribution in [0.1, 0.15) is 5.56 Å². The van der Waals surface area contributed by atoms with Gasteiger partial charge in [0.25, 0.3) is 0 Å². The molecule has 0 aromatic heterocycles. The molecule has 90 valence electrons. The normalized spacial score (nSPS) is 23.0. The first-order chi connectivity index (χ1) is 8.06. The van der Waals surface area contributed by atoms with Crippen molar-refractivity contribution < 1.29 is 19.4 Å². The Bertz CT molecular complexity index is 445. The Balaban J connectivity index is 2.09. The number of cyclic esters (lactones) is 1. The molecule has 1 aromatic carbocycles. The van der Waals surface area contributed by atoms with Gasteiger partial charge in [0.05, 0.1) is 6.04 Å². The number of halogens is 1. The average Bonchev–Trinajstić information content (AvgIpc) is 2.63. The van der Waals surface area contributed by atoms with Gasteiger partial charge in [0, 0.05) is 4.47 Å². The van der Waals surface area contributed by atoms with E-state index in [9.17, 15) is 9.59 Å². The van der Waals surface area contributed by atoms with Crippen molar-refractivity contribution in [3.05, 3.63) is 34.3 Å². The summed E-state index contributed by atoms with van der Waals surface area (Å²) in [5.41, 5.74) is 0.940. The SMILES string of the molecule is O=C1N[C@H](Cc2ccc(Br)cc2)C(C(=O)O)O1. The van der Waals surface area contributed by atoms with Gasteiger partial charge >= 0.3 is 12.1 Å².